The van der Waals surface area contributed by atoms with Gasteiger partial charge in [0.05, 0.1) is 6.61 Å². The zero-order chi connectivity index (χ0) is 15.3. The van der Waals surface area contributed by atoms with E-state index in [-0.39, 0.29) is 24.1 Å². The molecular formula is C16H31N3O2. The molecule has 0 aromatic rings. The van der Waals surface area contributed by atoms with Crippen molar-refractivity contribution in [2.45, 2.75) is 52.0 Å². The summed E-state index contributed by atoms with van der Waals surface area (Å²) in [5.74, 6) is 0.474. The van der Waals surface area contributed by atoms with Gasteiger partial charge in [-0.25, -0.2) is 4.79 Å². The van der Waals surface area contributed by atoms with Crippen molar-refractivity contribution >= 4 is 6.03 Å². The van der Waals surface area contributed by atoms with Crippen LogP contribution in [0.3, 0.4) is 0 Å². The van der Waals surface area contributed by atoms with Crippen LogP contribution in [0.5, 0.6) is 0 Å². The van der Waals surface area contributed by atoms with E-state index >= 15 is 0 Å². The molecule has 3 N–H and O–H groups in total. The summed E-state index contributed by atoms with van der Waals surface area (Å²) < 4.78 is 0. The Labute approximate surface area is 128 Å². The van der Waals surface area contributed by atoms with Gasteiger partial charge in [-0.2, -0.15) is 0 Å². The molecule has 0 spiro atoms. The summed E-state index contributed by atoms with van der Waals surface area (Å²) in [7, 11) is 0. The Morgan fingerprint density at radius 3 is 2.76 bits per heavy atom. The normalized spacial score (nSPS) is 31.3. The molecule has 2 fully saturated rings. The molecule has 1 saturated carbocycles. The van der Waals surface area contributed by atoms with Gasteiger partial charge in [0.25, 0.3) is 0 Å². The highest BCUT2D eigenvalue weighted by molar-refractivity contribution is 5.74. The number of nitrogens with one attached hydrogen (secondary N) is 2. The quantitative estimate of drug-likeness (QED) is 0.697. The monoisotopic (exact) mass is 297 g/mol. The predicted octanol–water partition coefficient (Wildman–Crippen LogP) is 1.57. The maximum absolute atomic E-state index is 12.0. The van der Waals surface area contributed by atoms with Gasteiger partial charge in [0.15, 0.2) is 0 Å². The summed E-state index contributed by atoms with van der Waals surface area (Å²) in [6.07, 6.45) is 5.64. The molecule has 5 heteroatoms. The standard InChI is InChI=1S/C16H31N3O2/c1-13(11-19-8-3-4-9-19)10-17-15(21)18-14-6-5-7-16(14,2)12-20/h13-14,20H,3-12H2,1-2H3,(H2,17,18,21). The number of likely N-dealkylation sites (tertiary alicyclic amines) is 1. The summed E-state index contributed by atoms with van der Waals surface area (Å²) in [4.78, 5) is 14.5. The number of rotatable bonds is 6. The lowest BCUT2D eigenvalue weighted by atomic mass is 9.86. The molecule has 2 aliphatic rings. The summed E-state index contributed by atoms with van der Waals surface area (Å²) in [6.45, 7) is 8.57. The van der Waals surface area contributed by atoms with Crippen LogP contribution in [0.15, 0.2) is 0 Å². The van der Waals surface area contributed by atoms with Crippen LogP contribution in [0, 0.1) is 11.3 Å². The zero-order valence-corrected chi connectivity index (χ0v) is 13.5. The fourth-order valence-corrected chi connectivity index (χ4v) is 3.62. The molecule has 1 aliphatic heterocycles. The second-order valence-electron chi connectivity index (χ2n) is 7.22. The van der Waals surface area contributed by atoms with Crippen LogP contribution in [0.4, 0.5) is 4.79 Å². The number of carbonyl (C=O) groups is 1. The Bertz CT molecular complexity index is 344. The van der Waals surface area contributed by atoms with Gasteiger partial charge in [0, 0.05) is 24.5 Å². The van der Waals surface area contributed by atoms with Crippen LogP contribution in [0.2, 0.25) is 0 Å². The van der Waals surface area contributed by atoms with Crippen LogP contribution in [-0.2, 0) is 0 Å². The smallest absolute Gasteiger partial charge is 0.315 e. The number of aliphatic hydroxyl groups excluding tert-OH is 1. The largest absolute Gasteiger partial charge is 0.396 e. The van der Waals surface area contributed by atoms with Crippen LogP contribution < -0.4 is 10.6 Å². The maximum atomic E-state index is 12.0. The number of nitrogens with zero attached hydrogens (tertiary/aromatic N) is 1. The van der Waals surface area contributed by atoms with E-state index in [1.165, 1.54) is 25.9 Å². The number of hydrogen-bond acceptors (Lipinski definition) is 3. The molecule has 2 amide bonds. The van der Waals surface area contributed by atoms with Crippen molar-refractivity contribution < 1.29 is 9.90 Å². The van der Waals surface area contributed by atoms with Gasteiger partial charge in [-0.3, -0.25) is 0 Å². The molecule has 0 aromatic carbocycles. The third-order valence-corrected chi connectivity index (χ3v) is 5.13. The highest BCUT2D eigenvalue weighted by atomic mass is 16.3. The Kier molecular flexibility index (Phi) is 5.88. The number of carbonyl (C=O) groups excluding carboxylic acids is 1. The summed E-state index contributed by atoms with van der Waals surface area (Å²) in [6, 6.07) is 0.00577. The second-order valence-corrected chi connectivity index (χ2v) is 7.22. The van der Waals surface area contributed by atoms with Gasteiger partial charge in [0.2, 0.25) is 0 Å². The first-order valence-electron chi connectivity index (χ1n) is 8.41. The molecule has 3 unspecified atom stereocenters. The first-order chi connectivity index (χ1) is 10.0. The number of amides is 2. The summed E-state index contributed by atoms with van der Waals surface area (Å²) in [5, 5.41) is 15.5. The van der Waals surface area contributed by atoms with E-state index in [0.29, 0.717) is 12.5 Å². The molecule has 0 radical (unpaired) electrons. The molecule has 21 heavy (non-hydrogen) atoms. The SMILES string of the molecule is CC(CNC(=O)NC1CCCC1(C)CO)CN1CCCC1. The number of aliphatic hydroxyl groups is 1. The van der Waals surface area contributed by atoms with E-state index < -0.39 is 0 Å². The number of hydrogen-bond donors (Lipinski definition) is 3. The van der Waals surface area contributed by atoms with Crippen LogP contribution in [0.1, 0.15) is 46.0 Å². The maximum Gasteiger partial charge on any atom is 0.315 e. The predicted molar refractivity (Wildman–Crippen MR) is 84.2 cm³/mol. The molecule has 1 aliphatic carbocycles. The molecule has 0 aromatic heterocycles. The minimum atomic E-state index is -0.154. The Morgan fingerprint density at radius 1 is 1.38 bits per heavy atom. The highest BCUT2D eigenvalue weighted by Crippen LogP contribution is 2.37. The molecule has 0 bridgehead atoms. The highest BCUT2D eigenvalue weighted by Gasteiger charge is 2.39. The lowest BCUT2D eigenvalue weighted by Crippen LogP contribution is -2.49. The van der Waals surface area contributed by atoms with Crippen LogP contribution in [-0.4, -0.2) is 54.9 Å². The molecule has 2 rings (SSSR count). The molecule has 122 valence electrons. The second kappa shape index (κ2) is 7.45. The van der Waals surface area contributed by atoms with Crippen molar-refractivity contribution in [3.8, 4) is 0 Å². The van der Waals surface area contributed by atoms with Gasteiger partial charge in [0.1, 0.15) is 0 Å². The van der Waals surface area contributed by atoms with Crippen LogP contribution >= 0.6 is 0 Å². The van der Waals surface area contributed by atoms with E-state index in [2.05, 4.69) is 29.4 Å². The van der Waals surface area contributed by atoms with E-state index in [0.717, 1.165) is 25.8 Å². The van der Waals surface area contributed by atoms with Gasteiger partial charge in [-0.05, 0) is 44.7 Å². The van der Waals surface area contributed by atoms with Gasteiger partial charge in [-0.15, -0.1) is 0 Å². The van der Waals surface area contributed by atoms with Crippen molar-refractivity contribution in [3.63, 3.8) is 0 Å². The lowest BCUT2D eigenvalue weighted by Gasteiger charge is -2.30. The topological polar surface area (TPSA) is 64.6 Å². The average Bonchev–Trinajstić information content (AvgIpc) is 3.08. The van der Waals surface area contributed by atoms with E-state index in [9.17, 15) is 9.90 Å². The van der Waals surface area contributed by atoms with Crippen molar-refractivity contribution in [2.75, 3.05) is 32.8 Å². The van der Waals surface area contributed by atoms with Gasteiger partial charge < -0.3 is 20.6 Å². The van der Waals surface area contributed by atoms with Gasteiger partial charge in [-0.1, -0.05) is 20.3 Å². The Hall–Kier alpha value is -0.810. The van der Waals surface area contributed by atoms with Crippen molar-refractivity contribution in [3.05, 3.63) is 0 Å². The molecule has 1 heterocycles. The minimum absolute atomic E-state index is 0.0881. The average molecular weight is 297 g/mol. The lowest BCUT2D eigenvalue weighted by molar-refractivity contribution is 0.121. The number of urea groups is 1. The van der Waals surface area contributed by atoms with Crippen molar-refractivity contribution in [1.29, 1.82) is 0 Å². The molecule has 3 atom stereocenters. The van der Waals surface area contributed by atoms with E-state index in [1.807, 2.05) is 0 Å². The Balaban J connectivity index is 1.67. The van der Waals surface area contributed by atoms with Crippen molar-refractivity contribution in [1.82, 2.24) is 15.5 Å². The van der Waals surface area contributed by atoms with Crippen LogP contribution in [0.25, 0.3) is 0 Å². The Morgan fingerprint density at radius 2 is 2.10 bits per heavy atom. The van der Waals surface area contributed by atoms with Gasteiger partial charge >= 0.3 is 6.03 Å². The van der Waals surface area contributed by atoms with E-state index in [4.69, 9.17) is 0 Å². The van der Waals surface area contributed by atoms with E-state index in [1.54, 1.807) is 0 Å². The molecular weight excluding hydrogens is 266 g/mol. The summed E-state index contributed by atoms with van der Waals surface area (Å²) in [5.41, 5.74) is -0.154. The fraction of sp³-hybridized carbons (Fsp3) is 0.938. The first-order valence-corrected chi connectivity index (χ1v) is 8.41. The molecule has 1 saturated heterocycles. The first kappa shape index (κ1) is 16.6. The summed E-state index contributed by atoms with van der Waals surface area (Å²) >= 11 is 0. The fourth-order valence-electron chi connectivity index (χ4n) is 3.62. The third-order valence-electron chi connectivity index (χ3n) is 5.13. The van der Waals surface area contributed by atoms with Crippen molar-refractivity contribution in [2.24, 2.45) is 11.3 Å². The zero-order valence-electron chi connectivity index (χ0n) is 13.5. The minimum Gasteiger partial charge on any atom is -0.396 e. The molecule has 5 nitrogen and oxygen atoms in total. The third kappa shape index (κ3) is 4.58.